The summed E-state index contributed by atoms with van der Waals surface area (Å²) in [6.45, 7) is 3.13. The Balaban J connectivity index is 2.67. The van der Waals surface area contributed by atoms with Gasteiger partial charge in [-0.3, -0.25) is 0 Å². The Morgan fingerprint density at radius 1 is 1.60 bits per heavy atom. The molecule has 0 saturated heterocycles. The van der Waals surface area contributed by atoms with Crippen molar-refractivity contribution in [2.24, 2.45) is 0 Å². The fraction of sp³-hybridized carbons (Fsp3) is 0.250. The highest BCUT2D eigenvalue weighted by atomic mass is 79.9. The van der Waals surface area contributed by atoms with Gasteiger partial charge >= 0.3 is 0 Å². The van der Waals surface area contributed by atoms with E-state index in [0.29, 0.717) is 0 Å². The van der Waals surface area contributed by atoms with E-state index in [1.54, 1.807) is 0 Å². The van der Waals surface area contributed by atoms with Crippen LogP contribution in [-0.2, 0) is 6.54 Å². The lowest BCUT2D eigenvalue weighted by molar-refractivity contribution is 0.823. The normalized spacial score (nSPS) is 14.2. The van der Waals surface area contributed by atoms with Crippen LogP contribution in [0.5, 0.6) is 0 Å². The molecule has 1 aliphatic rings. The van der Waals surface area contributed by atoms with Gasteiger partial charge in [0, 0.05) is 12.2 Å². The second kappa shape index (κ2) is 1.99. The van der Waals surface area contributed by atoms with E-state index in [4.69, 9.17) is 0 Å². The van der Waals surface area contributed by atoms with Crippen molar-refractivity contribution in [3.05, 3.63) is 28.0 Å². The van der Waals surface area contributed by atoms with Crippen molar-refractivity contribution in [2.75, 3.05) is 0 Å². The zero-order valence-electron chi connectivity index (χ0n) is 5.76. The molecule has 0 N–H and O–H groups in total. The number of allylic oxidation sites excluding steroid dienone is 1. The van der Waals surface area contributed by atoms with Crippen molar-refractivity contribution in [1.29, 1.82) is 0 Å². The summed E-state index contributed by atoms with van der Waals surface area (Å²) in [7, 11) is 0. The number of fused-ring (bicyclic) bond motifs is 1. The molecular formula is C8H8BrN. The van der Waals surface area contributed by atoms with Crippen molar-refractivity contribution in [3.63, 3.8) is 0 Å². The van der Waals surface area contributed by atoms with Gasteiger partial charge in [0.05, 0.1) is 4.60 Å². The van der Waals surface area contributed by atoms with Crippen LogP contribution in [0.1, 0.15) is 11.3 Å². The molecule has 0 saturated carbocycles. The summed E-state index contributed by atoms with van der Waals surface area (Å²) >= 11 is 3.52. The number of rotatable bonds is 0. The lowest BCUT2D eigenvalue weighted by Crippen LogP contribution is -1.91. The average Bonchev–Trinajstić information content (AvgIpc) is 2.41. The zero-order valence-corrected chi connectivity index (χ0v) is 7.35. The summed E-state index contributed by atoms with van der Waals surface area (Å²) in [4.78, 5) is 0. The van der Waals surface area contributed by atoms with Crippen LogP contribution in [0.2, 0.25) is 0 Å². The maximum atomic E-state index is 3.52. The largest absolute Gasteiger partial charge is 0.332 e. The van der Waals surface area contributed by atoms with Crippen LogP contribution in [0.3, 0.4) is 0 Å². The zero-order chi connectivity index (χ0) is 7.14. The number of hydrogen-bond donors (Lipinski definition) is 0. The number of hydrogen-bond acceptors (Lipinski definition) is 0. The molecule has 2 rings (SSSR count). The van der Waals surface area contributed by atoms with Gasteiger partial charge in [0.15, 0.2) is 0 Å². The van der Waals surface area contributed by atoms with Crippen LogP contribution in [0.4, 0.5) is 0 Å². The Bertz CT molecular complexity index is 296. The molecule has 10 heavy (non-hydrogen) atoms. The van der Waals surface area contributed by atoms with Crippen molar-refractivity contribution >= 4 is 22.0 Å². The number of nitrogens with zero attached hydrogens (tertiary/aromatic N) is 1. The fourth-order valence-electron chi connectivity index (χ4n) is 1.29. The molecule has 0 aromatic carbocycles. The molecule has 0 unspecified atom stereocenters. The van der Waals surface area contributed by atoms with E-state index in [1.165, 1.54) is 15.9 Å². The summed E-state index contributed by atoms with van der Waals surface area (Å²) in [5.74, 6) is 0. The van der Waals surface area contributed by atoms with Gasteiger partial charge in [-0.05, 0) is 40.6 Å². The molecule has 0 radical (unpaired) electrons. The average molecular weight is 198 g/mol. The molecule has 2 heteroatoms. The van der Waals surface area contributed by atoms with Gasteiger partial charge in [0.25, 0.3) is 0 Å². The van der Waals surface area contributed by atoms with Crippen molar-refractivity contribution < 1.29 is 0 Å². The number of halogens is 1. The van der Waals surface area contributed by atoms with E-state index in [1.807, 2.05) is 0 Å². The third kappa shape index (κ3) is 0.686. The van der Waals surface area contributed by atoms with Crippen molar-refractivity contribution in [1.82, 2.24) is 4.57 Å². The van der Waals surface area contributed by atoms with Crippen LogP contribution < -0.4 is 0 Å². The highest BCUT2D eigenvalue weighted by Crippen LogP contribution is 2.25. The van der Waals surface area contributed by atoms with Gasteiger partial charge in [-0.25, -0.2) is 0 Å². The third-order valence-corrected chi connectivity index (χ3v) is 2.87. The number of aromatic nitrogens is 1. The first-order chi connectivity index (χ1) is 4.79. The minimum atomic E-state index is 1.02. The van der Waals surface area contributed by atoms with Crippen LogP contribution in [-0.4, -0.2) is 4.57 Å². The molecule has 1 aliphatic heterocycles. The van der Waals surface area contributed by atoms with Crippen LogP contribution in [0.15, 0.2) is 16.7 Å². The molecule has 0 aliphatic carbocycles. The van der Waals surface area contributed by atoms with Gasteiger partial charge in [-0.15, -0.1) is 0 Å². The summed E-state index contributed by atoms with van der Waals surface area (Å²) in [6.07, 6.45) is 4.32. The van der Waals surface area contributed by atoms with E-state index in [0.717, 1.165) is 6.54 Å². The highest BCUT2D eigenvalue weighted by Gasteiger charge is 2.09. The quantitative estimate of drug-likeness (QED) is 0.603. The molecule has 0 amide bonds. The monoisotopic (exact) mass is 197 g/mol. The van der Waals surface area contributed by atoms with Crippen LogP contribution in [0, 0.1) is 6.92 Å². The van der Waals surface area contributed by atoms with Crippen LogP contribution >= 0.6 is 15.9 Å². The third-order valence-electron chi connectivity index (χ3n) is 1.82. The molecule has 0 atom stereocenters. The fourth-order valence-corrected chi connectivity index (χ4v) is 1.75. The summed E-state index contributed by atoms with van der Waals surface area (Å²) in [5, 5.41) is 0. The van der Waals surface area contributed by atoms with E-state index in [9.17, 15) is 0 Å². The molecule has 2 heterocycles. The van der Waals surface area contributed by atoms with E-state index in [-0.39, 0.29) is 0 Å². The predicted molar refractivity (Wildman–Crippen MR) is 45.9 cm³/mol. The Labute approximate surface area is 68.5 Å². The second-order valence-electron chi connectivity index (χ2n) is 2.56. The predicted octanol–water partition coefficient (Wildman–Crippen LogP) is 2.59. The maximum absolute atomic E-state index is 3.52. The molecule has 52 valence electrons. The first-order valence-electron chi connectivity index (χ1n) is 3.31. The molecule has 1 nitrogen and oxygen atoms in total. The maximum Gasteiger partial charge on any atom is 0.0883 e. The molecule has 0 fully saturated rings. The van der Waals surface area contributed by atoms with E-state index in [2.05, 4.69) is 45.6 Å². The summed E-state index contributed by atoms with van der Waals surface area (Å²) in [5.41, 5.74) is 2.63. The molecule has 0 spiro atoms. The highest BCUT2D eigenvalue weighted by molar-refractivity contribution is 9.10. The lowest BCUT2D eigenvalue weighted by atomic mass is 10.3. The minimum absolute atomic E-state index is 1.02. The Morgan fingerprint density at radius 3 is 3.10 bits per heavy atom. The molecule has 1 aromatic rings. The molecular weight excluding hydrogens is 190 g/mol. The van der Waals surface area contributed by atoms with Crippen molar-refractivity contribution in [2.45, 2.75) is 13.5 Å². The van der Waals surface area contributed by atoms with E-state index < -0.39 is 0 Å². The standard InChI is InChI=1S/C8H8BrN/c1-6-5-7-3-2-4-10(7)8(6)9/h2-3,5H,4H2,1H3. The molecule has 0 bridgehead atoms. The SMILES string of the molecule is Cc1cc2n(c1Br)CC=C2. The van der Waals surface area contributed by atoms with Crippen LogP contribution in [0.25, 0.3) is 6.08 Å². The van der Waals surface area contributed by atoms with Gasteiger partial charge in [-0.2, -0.15) is 0 Å². The topological polar surface area (TPSA) is 4.93 Å². The number of aryl methyl sites for hydroxylation is 1. The van der Waals surface area contributed by atoms with Gasteiger partial charge in [-0.1, -0.05) is 6.08 Å². The smallest absolute Gasteiger partial charge is 0.0883 e. The summed E-state index contributed by atoms with van der Waals surface area (Å²) < 4.78 is 3.46. The first kappa shape index (κ1) is 6.23. The van der Waals surface area contributed by atoms with Crippen molar-refractivity contribution in [3.8, 4) is 0 Å². The Morgan fingerprint density at radius 2 is 2.40 bits per heavy atom. The van der Waals surface area contributed by atoms with Gasteiger partial charge < -0.3 is 4.57 Å². The second-order valence-corrected chi connectivity index (χ2v) is 3.31. The Hall–Kier alpha value is -0.500. The molecule has 1 aromatic heterocycles. The lowest BCUT2D eigenvalue weighted by Gasteiger charge is -1.97. The van der Waals surface area contributed by atoms with E-state index >= 15 is 0 Å². The first-order valence-corrected chi connectivity index (χ1v) is 4.10. The summed E-state index contributed by atoms with van der Waals surface area (Å²) in [6, 6.07) is 2.19. The Kier molecular flexibility index (Phi) is 1.24. The van der Waals surface area contributed by atoms with Gasteiger partial charge in [0.1, 0.15) is 0 Å². The minimum Gasteiger partial charge on any atom is -0.332 e. The van der Waals surface area contributed by atoms with Gasteiger partial charge in [0.2, 0.25) is 0 Å².